The summed E-state index contributed by atoms with van der Waals surface area (Å²) in [6.07, 6.45) is 3.61. The Morgan fingerprint density at radius 2 is 1.76 bits per heavy atom. The lowest BCUT2D eigenvalue weighted by Crippen LogP contribution is -2.33. The molecule has 2 aromatic rings. The van der Waals surface area contributed by atoms with Crippen molar-refractivity contribution >= 4 is 33.0 Å². The van der Waals surface area contributed by atoms with Crippen LogP contribution >= 0.6 is 0 Å². The van der Waals surface area contributed by atoms with Crippen molar-refractivity contribution in [3.8, 4) is 0 Å². The van der Waals surface area contributed by atoms with Gasteiger partial charge in [-0.2, -0.15) is 4.31 Å². The highest BCUT2D eigenvalue weighted by Crippen LogP contribution is 2.32. The van der Waals surface area contributed by atoms with E-state index in [9.17, 15) is 23.3 Å². The SMILES string of the molecule is CC1CCN(c2ccc(C(=O)Nc3cccc(S(=O)(=O)N4CCCC4)c3)cc2[N+](=O)[O-])CC1. The first-order valence-corrected chi connectivity index (χ1v) is 12.6. The van der Waals surface area contributed by atoms with E-state index in [1.807, 2.05) is 4.90 Å². The molecule has 0 spiro atoms. The third-order valence-corrected chi connectivity index (χ3v) is 8.25. The van der Waals surface area contributed by atoms with Crippen LogP contribution in [-0.2, 0) is 10.0 Å². The number of hydrogen-bond acceptors (Lipinski definition) is 6. The summed E-state index contributed by atoms with van der Waals surface area (Å²) in [5, 5.41) is 14.4. The number of nitro benzene ring substituents is 1. The van der Waals surface area contributed by atoms with Gasteiger partial charge in [0.15, 0.2) is 0 Å². The summed E-state index contributed by atoms with van der Waals surface area (Å²) >= 11 is 0. The Morgan fingerprint density at radius 3 is 2.42 bits per heavy atom. The van der Waals surface area contributed by atoms with Crippen LogP contribution in [0.4, 0.5) is 17.1 Å². The molecule has 0 atom stereocenters. The van der Waals surface area contributed by atoms with Crippen molar-refractivity contribution in [2.24, 2.45) is 5.92 Å². The van der Waals surface area contributed by atoms with Crippen molar-refractivity contribution in [1.29, 1.82) is 0 Å². The number of amides is 1. The number of nitro groups is 1. The Morgan fingerprint density at radius 1 is 1.06 bits per heavy atom. The fourth-order valence-electron chi connectivity index (χ4n) is 4.34. The number of benzene rings is 2. The van der Waals surface area contributed by atoms with Gasteiger partial charge < -0.3 is 10.2 Å². The molecule has 0 unspecified atom stereocenters. The van der Waals surface area contributed by atoms with Gasteiger partial charge >= 0.3 is 0 Å². The topological polar surface area (TPSA) is 113 Å². The van der Waals surface area contributed by atoms with E-state index in [0.29, 0.717) is 30.4 Å². The van der Waals surface area contributed by atoms with Crippen LogP contribution in [0.2, 0.25) is 0 Å². The van der Waals surface area contributed by atoms with Gasteiger partial charge in [-0.05, 0) is 61.9 Å². The molecule has 0 radical (unpaired) electrons. The Balaban J connectivity index is 1.54. The van der Waals surface area contributed by atoms with Crippen molar-refractivity contribution in [1.82, 2.24) is 4.31 Å². The molecule has 0 aliphatic carbocycles. The molecule has 176 valence electrons. The summed E-state index contributed by atoms with van der Waals surface area (Å²) in [5.74, 6) is 0.0584. The second-order valence-corrected chi connectivity index (χ2v) is 10.7. The number of carbonyl (C=O) groups is 1. The number of anilines is 2. The summed E-state index contributed by atoms with van der Waals surface area (Å²) in [6.45, 7) is 4.64. The van der Waals surface area contributed by atoms with Gasteiger partial charge in [-0.25, -0.2) is 8.42 Å². The molecule has 1 amide bonds. The normalized spacial score (nSPS) is 17.8. The maximum atomic E-state index is 12.8. The van der Waals surface area contributed by atoms with Crippen molar-refractivity contribution in [2.45, 2.75) is 37.5 Å². The van der Waals surface area contributed by atoms with Crippen LogP contribution in [0, 0.1) is 16.0 Å². The molecule has 4 rings (SSSR count). The molecule has 2 aliphatic rings. The van der Waals surface area contributed by atoms with Gasteiger partial charge in [-0.3, -0.25) is 14.9 Å². The van der Waals surface area contributed by atoms with Crippen LogP contribution in [0.25, 0.3) is 0 Å². The van der Waals surface area contributed by atoms with E-state index in [1.165, 1.54) is 22.5 Å². The standard InChI is InChI=1S/C23H28N4O5S/c1-17-9-13-25(14-10-17)21-8-7-18(15-22(21)27(29)30)23(28)24-19-5-4-6-20(16-19)33(31,32)26-11-2-3-12-26/h4-8,15-17H,2-3,9-14H2,1H3,(H,24,28). The monoisotopic (exact) mass is 472 g/mol. The Labute approximate surface area is 193 Å². The van der Waals surface area contributed by atoms with Crippen LogP contribution in [0.5, 0.6) is 0 Å². The molecule has 2 aromatic carbocycles. The molecule has 2 saturated heterocycles. The second-order valence-electron chi connectivity index (χ2n) is 8.72. The van der Waals surface area contributed by atoms with E-state index in [1.54, 1.807) is 24.3 Å². The summed E-state index contributed by atoms with van der Waals surface area (Å²) < 4.78 is 27.0. The molecule has 0 saturated carbocycles. The van der Waals surface area contributed by atoms with Gasteiger partial charge in [0.2, 0.25) is 10.0 Å². The van der Waals surface area contributed by atoms with E-state index in [2.05, 4.69) is 12.2 Å². The van der Waals surface area contributed by atoms with E-state index < -0.39 is 20.9 Å². The lowest BCUT2D eigenvalue weighted by molar-refractivity contribution is -0.384. The van der Waals surface area contributed by atoms with Gasteiger partial charge in [0, 0.05) is 43.5 Å². The molecule has 9 nitrogen and oxygen atoms in total. The largest absolute Gasteiger partial charge is 0.366 e. The molecular weight excluding hydrogens is 444 g/mol. The van der Waals surface area contributed by atoms with E-state index >= 15 is 0 Å². The minimum absolute atomic E-state index is 0.109. The third-order valence-electron chi connectivity index (χ3n) is 6.35. The van der Waals surface area contributed by atoms with Crippen LogP contribution in [0.15, 0.2) is 47.4 Å². The van der Waals surface area contributed by atoms with E-state index in [4.69, 9.17) is 0 Å². The molecule has 2 fully saturated rings. The molecule has 0 aromatic heterocycles. The Hall–Kier alpha value is -2.98. The molecule has 2 heterocycles. The minimum Gasteiger partial charge on any atom is -0.366 e. The number of carbonyl (C=O) groups excluding carboxylic acids is 1. The van der Waals surface area contributed by atoms with Gasteiger partial charge in [0.05, 0.1) is 9.82 Å². The predicted octanol–water partition coefficient (Wildman–Crippen LogP) is 3.87. The number of hydrogen-bond donors (Lipinski definition) is 1. The van der Waals surface area contributed by atoms with Crippen molar-refractivity contribution in [2.75, 3.05) is 36.4 Å². The molecule has 1 N–H and O–H groups in total. The number of piperidine rings is 1. The average molecular weight is 473 g/mol. The maximum absolute atomic E-state index is 12.8. The highest BCUT2D eigenvalue weighted by molar-refractivity contribution is 7.89. The first-order chi connectivity index (χ1) is 15.8. The lowest BCUT2D eigenvalue weighted by Gasteiger charge is -2.31. The zero-order chi connectivity index (χ0) is 23.6. The Kier molecular flexibility index (Phi) is 6.66. The summed E-state index contributed by atoms with van der Waals surface area (Å²) in [7, 11) is -3.61. The highest BCUT2D eigenvalue weighted by atomic mass is 32.2. The van der Waals surface area contributed by atoms with Gasteiger partial charge in [-0.1, -0.05) is 13.0 Å². The molecule has 0 bridgehead atoms. The molecule has 10 heteroatoms. The summed E-state index contributed by atoms with van der Waals surface area (Å²) in [5.41, 5.74) is 0.866. The number of sulfonamides is 1. The lowest BCUT2D eigenvalue weighted by atomic mass is 9.98. The molecular formula is C23H28N4O5S. The first-order valence-electron chi connectivity index (χ1n) is 11.2. The Bertz CT molecular complexity index is 1150. The first kappa shape index (κ1) is 23.2. The maximum Gasteiger partial charge on any atom is 0.293 e. The number of rotatable bonds is 6. The zero-order valence-electron chi connectivity index (χ0n) is 18.6. The van der Waals surface area contributed by atoms with Gasteiger partial charge in [0.25, 0.3) is 11.6 Å². The van der Waals surface area contributed by atoms with E-state index in [-0.39, 0.29) is 16.1 Å². The van der Waals surface area contributed by atoms with Crippen LogP contribution in [0.3, 0.4) is 0 Å². The van der Waals surface area contributed by atoms with Crippen molar-refractivity contribution < 1.29 is 18.1 Å². The van der Waals surface area contributed by atoms with Crippen LogP contribution in [-0.4, -0.2) is 49.7 Å². The number of nitrogens with zero attached hydrogens (tertiary/aromatic N) is 3. The minimum atomic E-state index is -3.61. The van der Waals surface area contributed by atoms with Crippen LogP contribution < -0.4 is 10.2 Å². The zero-order valence-corrected chi connectivity index (χ0v) is 19.4. The molecule has 33 heavy (non-hydrogen) atoms. The van der Waals surface area contributed by atoms with E-state index in [0.717, 1.165) is 38.8 Å². The van der Waals surface area contributed by atoms with Gasteiger partial charge in [0.1, 0.15) is 5.69 Å². The van der Waals surface area contributed by atoms with Crippen molar-refractivity contribution in [3.63, 3.8) is 0 Å². The quantitative estimate of drug-likeness (QED) is 0.504. The molecule has 2 aliphatic heterocycles. The third kappa shape index (κ3) is 5.01. The summed E-state index contributed by atoms with van der Waals surface area (Å²) in [6, 6.07) is 10.6. The highest BCUT2D eigenvalue weighted by Gasteiger charge is 2.28. The van der Waals surface area contributed by atoms with Gasteiger partial charge in [-0.15, -0.1) is 0 Å². The second kappa shape index (κ2) is 9.48. The van der Waals surface area contributed by atoms with Crippen LogP contribution in [0.1, 0.15) is 43.0 Å². The predicted molar refractivity (Wildman–Crippen MR) is 126 cm³/mol. The van der Waals surface area contributed by atoms with Crippen molar-refractivity contribution in [3.05, 3.63) is 58.1 Å². The number of nitrogens with one attached hydrogen (secondary N) is 1. The fourth-order valence-corrected chi connectivity index (χ4v) is 5.91. The fraction of sp³-hybridized carbons (Fsp3) is 0.435. The summed E-state index contributed by atoms with van der Waals surface area (Å²) in [4.78, 5) is 26.2. The average Bonchev–Trinajstić information content (AvgIpc) is 3.35. The smallest absolute Gasteiger partial charge is 0.293 e.